The summed E-state index contributed by atoms with van der Waals surface area (Å²) in [7, 11) is 3.11. The summed E-state index contributed by atoms with van der Waals surface area (Å²) in [6.07, 6.45) is 7.31. The molecular formula is C35H36N8O5. The molecule has 2 fully saturated rings. The standard InChI is InChI=1S/C35H36N8O5/c1-4-42-21-37-16-26(42)18-43-27-12-24(33(44)45)13-29(47-3)32(27)39-30(43)19-41-10-8-35(14-25(35)17-41)34-38-9-7-31(40-34)48-20-23-6-5-22(15-36)11-28(23)46-2/h5-7,9,11-13,16,21,25H,4,8,10,14,17-20H2,1-3H3,(H,44,45). The van der Waals surface area contributed by atoms with Crippen molar-refractivity contribution in [2.24, 2.45) is 5.92 Å². The highest BCUT2D eigenvalue weighted by Gasteiger charge is 2.59. The van der Waals surface area contributed by atoms with Crippen molar-refractivity contribution in [2.45, 2.75) is 51.4 Å². The van der Waals surface area contributed by atoms with Gasteiger partial charge in [0.15, 0.2) is 0 Å². The van der Waals surface area contributed by atoms with E-state index in [1.54, 1.807) is 43.9 Å². The second-order valence-electron chi connectivity index (χ2n) is 12.3. The van der Waals surface area contributed by atoms with E-state index >= 15 is 0 Å². The quantitative estimate of drug-likeness (QED) is 0.205. The van der Waals surface area contributed by atoms with Crippen LogP contribution >= 0.6 is 0 Å². The summed E-state index contributed by atoms with van der Waals surface area (Å²) in [5.74, 6) is 2.56. The van der Waals surface area contributed by atoms with E-state index in [9.17, 15) is 15.2 Å². The van der Waals surface area contributed by atoms with E-state index in [0.717, 1.165) is 55.4 Å². The maximum Gasteiger partial charge on any atom is 0.335 e. The number of imidazole rings is 2. The zero-order valence-corrected chi connectivity index (χ0v) is 27.1. The van der Waals surface area contributed by atoms with Crippen molar-refractivity contribution in [3.05, 3.63) is 89.2 Å². The van der Waals surface area contributed by atoms with Crippen LogP contribution in [-0.4, -0.2) is 72.4 Å². The molecule has 5 aromatic rings. The average molecular weight is 649 g/mol. The minimum Gasteiger partial charge on any atom is -0.496 e. The van der Waals surface area contributed by atoms with Crippen molar-refractivity contribution in [1.29, 1.82) is 5.26 Å². The monoisotopic (exact) mass is 648 g/mol. The first-order valence-electron chi connectivity index (χ1n) is 15.9. The Kier molecular flexibility index (Phi) is 8.18. The number of fused-ring (bicyclic) bond motifs is 2. The zero-order chi connectivity index (χ0) is 33.4. The molecule has 7 rings (SSSR count). The van der Waals surface area contributed by atoms with E-state index in [2.05, 4.69) is 37.0 Å². The van der Waals surface area contributed by atoms with Crippen LogP contribution in [0.5, 0.6) is 17.4 Å². The van der Waals surface area contributed by atoms with Gasteiger partial charge in [-0.05, 0) is 56.5 Å². The van der Waals surface area contributed by atoms with Gasteiger partial charge >= 0.3 is 5.97 Å². The van der Waals surface area contributed by atoms with Crippen molar-refractivity contribution in [3.8, 4) is 23.4 Å². The molecular weight excluding hydrogens is 612 g/mol. The van der Waals surface area contributed by atoms with E-state index in [1.165, 1.54) is 13.2 Å². The lowest BCUT2D eigenvalue weighted by atomic mass is 9.94. The lowest BCUT2D eigenvalue weighted by Gasteiger charge is -2.30. The molecule has 1 saturated carbocycles. The Bertz CT molecular complexity index is 2050. The van der Waals surface area contributed by atoms with Crippen molar-refractivity contribution in [3.63, 3.8) is 0 Å². The lowest BCUT2D eigenvalue weighted by Crippen LogP contribution is -2.37. The third-order valence-corrected chi connectivity index (χ3v) is 9.64. The van der Waals surface area contributed by atoms with E-state index < -0.39 is 5.97 Å². The number of benzene rings is 2. The molecule has 2 aromatic carbocycles. The summed E-state index contributed by atoms with van der Waals surface area (Å²) < 4.78 is 21.3. The number of carboxylic acid groups (broad SMARTS) is 1. The Labute approximate surface area is 277 Å². The Morgan fingerprint density at radius 1 is 1.12 bits per heavy atom. The van der Waals surface area contributed by atoms with Crippen molar-refractivity contribution >= 4 is 17.0 Å². The smallest absolute Gasteiger partial charge is 0.335 e. The number of rotatable bonds is 12. The summed E-state index contributed by atoms with van der Waals surface area (Å²) in [5, 5.41) is 19.0. The van der Waals surface area contributed by atoms with E-state index in [-0.39, 0.29) is 17.6 Å². The molecule has 2 unspecified atom stereocenters. The van der Waals surface area contributed by atoms with Gasteiger partial charge in [-0.1, -0.05) is 6.07 Å². The number of carbonyl (C=O) groups is 1. The van der Waals surface area contributed by atoms with Gasteiger partial charge in [0.1, 0.15) is 35.3 Å². The van der Waals surface area contributed by atoms with Gasteiger partial charge < -0.3 is 28.5 Å². The molecule has 0 radical (unpaired) electrons. The number of aryl methyl sites for hydroxylation is 1. The van der Waals surface area contributed by atoms with Gasteiger partial charge in [-0.2, -0.15) is 10.2 Å². The fraction of sp³-hybridized carbons (Fsp3) is 0.371. The highest BCUT2D eigenvalue weighted by atomic mass is 16.5. The minimum absolute atomic E-state index is 0.0879. The van der Waals surface area contributed by atoms with Gasteiger partial charge in [-0.3, -0.25) is 4.90 Å². The molecule has 13 nitrogen and oxygen atoms in total. The highest BCUT2D eigenvalue weighted by Crippen LogP contribution is 2.58. The zero-order valence-electron chi connectivity index (χ0n) is 27.1. The van der Waals surface area contributed by atoms with E-state index in [1.807, 2.05) is 12.3 Å². The van der Waals surface area contributed by atoms with Gasteiger partial charge in [0.05, 0.1) is 62.0 Å². The third kappa shape index (κ3) is 5.68. The van der Waals surface area contributed by atoms with Crippen molar-refractivity contribution < 1.29 is 24.1 Å². The largest absolute Gasteiger partial charge is 0.496 e. The number of carboxylic acids is 1. The number of aromatic carboxylic acids is 1. The first-order valence-corrected chi connectivity index (χ1v) is 15.9. The number of methoxy groups -OCH3 is 2. The van der Waals surface area contributed by atoms with E-state index in [0.29, 0.717) is 53.0 Å². The Morgan fingerprint density at radius 2 is 1.98 bits per heavy atom. The highest BCUT2D eigenvalue weighted by molar-refractivity contribution is 5.95. The van der Waals surface area contributed by atoms with Crippen LogP contribution in [-0.2, 0) is 31.7 Å². The first kappa shape index (κ1) is 31.1. The lowest BCUT2D eigenvalue weighted by molar-refractivity contribution is 0.0696. The van der Waals surface area contributed by atoms with Crippen LogP contribution in [0.2, 0.25) is 0 Å². The Hall–Kier alpha value is -5.48. The van der Waals surface area contributed by atoms with Crippen LogP contribution in [0.3, 0.4) is 0 Å². The number of nitrogens with zero attached hydrogens (tertiary/aromatic N) is 8. The van der Waals surface area contributed by atoms with Crippen LogP contribution in [0.4, 0.5) is 0 Å². The fourth-order valence-electron chi connectivity index (χ4n) is 6.91. The minimum atomic E-state index is -1.02. The molecule has 1 aliphatic carbocycles. The second kappa shape index (κ2) is 12.6. The SMILES string of the molecule is CCn1cncc1Cn1c(CN2CCC3(c4nccc(OCc5ccc(C#N)cc5OC)n4)CC3C2)nc2c(OC)cc(C(=O)O)cc21. The molecule has 0 spiro atoms. The second-order valence-corrected chi connectivity index (χ2v) is 12.3. The van der Waals surface area contributed by atoms with Crippen molar-refractivity contribution in [2.75, 3.05) is 27.3 Å². The summed E-state index contributed by atoms with van der Waals surface area (Å²) in [5.41, 5.74) is 3.78. The molecule has 1 N–H and O–H groups in total. The number of nitriles is 1. The molecule has 0 bridgehead atoms. The third-order valence-electron chi connectivity index (χ3n) is 9.64. The van der Waals surface area contributed by atoms with Crippen LogP contribution in [0.15, 0.2) is 55.1 Å². The maximum absolute atomic E-state index is 12.0. The predicted molar refractivity (Wildman–Crippen MR) is 174 cm³/mol. The first-order chi connectivity index (χ1) is 23.3. The molecule has 3 aromatic heterocycles. The molecule has 1 saturated heterocycles. The van der Waals surface area contributed by atoms with E-state index in [4.69, 9.17) is 24.2 Å². The van der Waals surface area contributed by atoms with Crippen LogP contribution in [0, 0.1) is 17.2 Å². The van der Waals surface area contributed by atoms with Crippen LogP contribution in [0.1, 0.15) is 58.6 Å². The molecule has 1 aliphatic heterocycles. The number of aromatic nitrogens is 6. The number of hydrogen-bond donors (Lipinski definition) is 1. The predicted octanol–water partition coefficient (Wildman–Crippen LogP) is 4.42. The summed E-state index contributed by atoms with van der Waals surface area (Å²) in [4.78, 5) is 33.3. The average Bonchev–Trinajstić information content (AvgIpc) is 3.51. The van der Waals surface area contributed by atoms with Gasteiger partial charge in [-0.25, -0.2) is 19.7 Å². The topological polar surface area (TPSA) is 153 Å². The Morgan fingerprint density at radius 3 is 2.73 bits per heavy atom. The van der Waals surface area contributed by atoms with Crippen LogP contribution < -0.4 is 14.2 Å². The van der Waals surface area contributed by atoms with Gasteiger partial charge in [0, 0.05) is 42.5 Å². The molecule has 0 amide bonds. The number of hydrogen-bond acceptors (Lipinski definition) is 10. The van der Waals surface area contributed by atoms with Gasteiger partial charge in [0.2, 0.25) is 5.88 Å². The van der Waals surface area contributed by atoms with Crippen LogP contribution in [0.25, 0.3) is 11.0 Å². The summed E-state index contributed by atoms with van der Waals surface area (Å²) in [6.45, 7) is 5.90. The van der Waals surface area contributed by atoms with Gasteiger partial charge in [0.25, 0.3) is 0 Å². The molecule has 246 valence electrons. The summed E-state index contributed by atoms with van der Waals surface area (Å²) in [6, 6.07) is 12.4. The molecule has 2 aliphatic rings. The number of piperidine rings is 1. The number of ether oxygens (including phenoxy) is 3. The van der Waals surface area contributed by atoms with Gasteiger partial charge in [-0.15, -0.1) is 0 Å². The fourth-order valence-corrected chi connectivity index (χ4v) is 6.91. The normalized spacial score (nSPS) is 18.7. The molecule has 2 atom stereocenters. The molecule has 4 heterocycles. The Balaban J connectivity index is 1.09. The molecule has 48 heavy (non-hydrogen) atoms. The summed E-state index contributed by atoms with van der Waals surface area (Å²) >= 11 is 0. The number of likely N-dealkylation sites (tertiary alicyclic amines) is 1. The molecule has 13 heteroatoms. The van der Waals surface area contributed by atoms with Crippen molar-refractivity contribution in [1.82, 2.24) is 34.0 Å². The maximum atomic E-state index is 12.0.